The smallest absolute Gasteiger partial charge is 0.326 e. The Bertz CT molecular complexity index is 877. The molecule has 0 atom stereocenters. The van der Waals surface area contributed by atoms with Crippen LogP contribution in [0.1, 0.15) is 20.7 Å². The summed E-state index contributed by atoms with van der Waals surface area (Å²) >= 11 is 5.92. The lowest BCUT2D eigenvalue weighted by Crippen LogP contribution is -2.36. The average molecular weight is 373 g/mol. The van der Waals surface area contributed by atoms with Gasteiger partial charge in [-0.25, -0.2) is 0 Å². The third kappa shape index (κ3) is 3.57. The normalized spacial score (nSPS) is 12.7. The molecule has 0 spiro atoms. The summed E-state index contributed by atoms with van der Waals surface area (Å²) < 4.78 is 4.83. The fourth-order valence-corrected chi connectivity index (χ4v) is 2.64. The number of halogens is 1. The number of hydrogen-bond acceptors (Lipinski definition) is 5. The van der Waals surface area contributed by atoms with Crippen LogP contribution in [-0.2, 0) is 14.3 Å². The number of nitrogens with zero attached hydrogens (tertiary/aromatic N) is 1. The first-order valence-electron chi connectivity index (χ1n) is 7.62. The Balaban J connectivity index is 1.54. The molecule has 2 aromatic rings. The Kier molecular flexibility index (Phi) is 4.99. The number of nitrogens with one attached hydrogen (secondary N) is 1. The van der Waals surface area contributed by atoms with Gasteiger partial charge in [0.25, 0.3) is 17.7 Å². The molecule has 0 fully saturated rings. The second kappa shape index (κ2) is 7.37. The lowest BCUT2D eigenvalue weighted by atomic mass is 10.1. The number of rotatable bonds is 5. The first-order valence-corrected chi connectivity index (χ1v) is 8.00. The van der Waals surface area contributed by atoms with Crippen molar-refractivity contribution in [3.8, 4) is 0 Å². The van der Waals surface area contributed by atoms with Gasteiger partial charge >= 0.3 is 5.97 Å². The number of carbonyl (C=O) groups excluding carboxylic acids is 4. The fourth-order valence-electron chi connectivity index (χ4n) is 2.45. The van der Waals surface area contributed by atoms with Gasteiger partial charge in [-0.2, -0.15) is 0 Å². The number of carbonyl (C=O) groups is 4. The Morgan fingerprint density at radius 3 is 2.15 bits per heavy atom. The Labute approximate surface area is 153 Å². The molecule has 2 aromatic carbocycles. The zero-order valence-corrected chi connectivity index (χ0v) is 14.2. The number of para-hydroxylation sites is 1. The summed E-state index contributed by atoms with van der Waals surface area (Å²) in [6.45, 7) is -1.13. The van der Waals surface area contributed by atoms with E-state index >= 15 is 0 Å². The van der Waals surface area contributed by atoms with Crippen LogP contribution in [-0.4, -0.2) is 41.7 Å². The molecule has 1 aliphatic heterocycles. The molecule has 1 heterocycles. The van der Waals surface area contributed by atoms with Crippen LogP contribution in [0.15, 0.2) is 48.5 Å². The van der Waals surface area contributed by atoms with Crippen LogP contribution in [0.3, 0.4) is 0 Å². The predicted octanol–water partition coefficient (Wildman–Crippen LogP) is 2.12. The molecule has 0 unspecified atom stereocenters. The summed E-state index contributed by atoms with van der Waals surface area (Å²) in [6.07, 6.45) is 0. The SMILES string of the molecule is O=C(COC(=O)CN1C(=O)c2ccccc2C1=O)Nc1ccccc1Cl. The number of anilines is 1. The van der Waals surface area contributed by atoms with E-state index in [-0.39, 0.29) is 11.1 Å². The van der Waals surface area contributed by atoms with Crippen molar-refractivity contribution in [3.05, 3.63) is 64.7 Å². The molecule has 0 aromatic heterocycles. The minimum absolute atomic E-state index is 0.238. The van der Waals surface area contributed by atoms with Crippen LogP contribution in [0.4, 0.5) is 5.69 Å². The minimum Gasteiger partial charge on any atom is -0.454 e. The molecule has 0 aliphatic carbocycles. The lowest BCUT2D eigenvalue weighted by Gasteiger charge is -2.13. The van der Waals surface area contributed by atoms with Crippen molar-refractivity contribution < 1.29 is 23.9 Å². The van der Waals surface area contributed by atoms with Gasteiger partial charge in [0.15, 0.2) is 6.61 Å². The maximum absolute atomic E-state index is 12.2. The molecular formula is C18H13ClN2O5. The molecule has 0 saturated heterocycles. The number of benzene rings is 2. The summed E-state index contributed by atoms with van der Waals surface area (Å²) in [5.74, 6) is -2.59. The largest absolute Gasteiger partial charge is 0.454 e. The highest BCUT2D eigenvalue weighted by Crippen LogP contribution is 2.22. The number of amides is 3. The van der Waals surface area contributed by atoms with Gasteiger partial charge in [0, 0.05) is 0 Å². The molecule has 132 valence electrons. The van der Waals surface area contributed by atoms with Gasteiger partial charge in [-0.1, -0.05) is 35.9 Å². The summed E-state index contributed by atoms with van der Waals surface area (Å²) in [6, 6.07) is 12.9. The first-order chi connectivity index (χ1) is 12.5. The van der Waals surface area contributed by atoms with Crippen LogP contribution < -0.4 is 5.32 Å². The van der Waals surface area contributed by atoms with E-state index in [9.17, 15) is 19.2 Å². The highest BCUT2D eigenvalue weighted by Gasteiger charge is 2.36. The number of hydrogen-bond donors (Lipinski definition) is 1. The summed E-state index contributed by atoms with van der Waals surface area (Å²) in [5.41, 5.74) is 0.860. The van der Waals surface area contributed by atoms with Gasteiger partial charge in [-0.05, 0) is 24.3 Å². The molecule has 1 aliphatic rings. The number of imide groups is 1. The maximum atomic E-state index is 12.2. The van der Waals surface area contributed by atoms with Gasteiger partial charge in [-0.15, -0.1) is 0 Å². The molecule has 0 radical (unpaired) electrons. The van der Waals surface area contributed by atoms with Gasteiger partial charge in [0.2, 0.25) is 0 Å². The molecule has 1 N–H and O–H groups in total. The van der Waals surface area contributed by atoms with Crippen LogP contribution in [0.25, 0.3) is 0 Å². The minimum atomic E-state index is -0.867. The summed E-state index contributed by atoms with van der Waals surface area (Å²) in [5, 5.41) is 2.84. The van der Waals surface area contributed by atoms with Crippen LogP contribution in [0.5, 0.6) is 0 Å². The van der Waals surface area contributed by atoms with Gasteiger partial charge in [-0.3, -0.25) is 24.1 Å². The molecule has 0 saturated carbocycles. The zero-order chi connectivity index (χ0) is 18.7. The quantitative estimate of drug-likeness (QED) is 0.641. The second-order valence-corrected chi connectivity index (χ2v) is 5.84. The van der Waals surface area contributed by atoms with E-state index in [0.29, 0.717) is 10.7 Å². The van der Waals surface area contributed by atoms with Crippen molar-refractivity contribution in [2.24, 2.45) is 0 Å². The second-order valence-electron chi connectivity index (χ2n) is 5.43. The maximum Gasteiger partial charge on any atom is 0.326 e. The predicted molar refractivity (Wildman–Crippen MR) is 92.8 cm³/mol. The van der Waals surface area contributed by atoms with Gasteiger partial charge in [0.05, 0.1) is 21.8 Å². The van der Waals surface area contributed by atoms with E-state index in [2.05, 4.69) is 5.32 Å². The first kappa shape index (κ1) is 17.6. The topological polar surface area (TPSA) is 92.8 Å². The van der Waals surface area contributed by atoms with Crippen molar-refractivity contribution in [1.29, 1.82) is 0 Å². The summed E-state index contributed by atoms with van der Waals surface area (Å²) in [7, 11) is 0. The average Bonchev–Trinajstić information content (AvgIpc) is 2.87. The van der Waals surface area contributed by atoms with Crippen LogP contribution >= 0.6 is 11.6 Å². The van der Waals surface area contributed by atoms with Crippen molar-refractivity contribution in [2.45, 2.75) is 0 Å². The zero-order valence-electron chi connectivity index (χ0n) is 13.4. The highest BCUT2D eigenvalue weighted by atomic mass is 35.5. The molecular weight excluding hydrogens is 360 g/mol. The number of esters is 1. The lowest BCUT2D eigenvalue weighted by molar-refractivity contribution is -0.147. The number of ether oxygens (including phenoxy) is 1. The van der Waals surface area contributed by atoms with E-state index in [1.807, 2.05) is 0 Å². The molecule has 3 rings (SSSR count). The highest BCUT2D eigenvalue weighted by molar-refractivity contribution is 6.33. The van der Waals surface area contributed by atoms with Crippen molar-refractivity contribution in [2.75, 3.05) is 18.5 Å². The third-order valence-corrected chi connectivity index (χ3v) is 4.01. The molecule has 3 amide bonds. The van der Waals surface area contributed by atoms with Gasteiger partial charge < -0.3 is 10.1 Å². The third-order valence-electron chi connectivity index (χ3n) is 3.68. The Hall–Kier alpha value is -3.19. The Morgan fingerprint density at radius 2 is 1.54 bits per heavy atom. The molecule has 7 nitrogen and oxygen atoms in total. The van der Waals surface area contributed by atoms with E-state index in [1.165, 1.54) is 12.1 Å². The van der Waals surface area contributed by atoms with E-state index in [4.69, 9.17) is 16.3 Å². The fraction of sp³-hybridized carbons (Fsp3) is 0.111. The Morgan fingerprint density at radius 1 is 0.962 bits per heavy atom. The van der Waals surface area contributed by atoms with Crippen molar-refractivity contribution in [1.82, 2.24) is 4.90 Å². The van der Waals surface area contributed by atoms with Crippen LogP contribution in [0.2, 0.25) is 5.02 Å². The molecule has 26 heavy (non-hydrogen) atoms. The van der Waals surface area contributed by atoms with E-state index in [0.717, 1.165) is 4.90 Å². The standard InChI is InChI=1S/C18H13ClN2O5/c19-13-7-3-4-8-14(13)20-15(22)10-26-16(23)9-21-17(24)11-5-1-2-6-12(11)18(21)25/h1-8H,9-10H2,(H,20,22). The van der Waals surface area contributed by atoms with E-state index in [1.54, 1.807) is 36.4 Å². The molecule has 8 heteroatoms. The monoisotopic (exact) mass is 372 g/mol. The molecule has 0 bridgehead atoms. The number of fused-ring (bicyclic) bond motifs is 1. The summed E-state index contributed by atoms with van der Waals surface area (Å²) in [4.78, 5) is 48.8. The van der Waals surface area contributed by atoms with Crippen molar-refractivity contribution in [3.63, 3.8) is 0 Å². The van der Waals surface area contributed by atoms with Crippen molar-refractivity contribution >= 4 is 41.0 Å². The van der Waals surface area contributed by atoms with Gasteiger partial charge in [0.1, 0.15) is 6.54 Å². The van der Waals surface area contributed by atoms with E-state index < -0.39 is 36.8 Å². The van der Waals surface area contributed by atoms with Crippen LogP contribution in [0, 0.1) is 0 Å².